The monoisotopic (exact) mass is 196 g/mol. The summed E-state index contributed by atoms with van der Waals surface area (Å²) < 4.78 is 4.68. The van der Waals surface area contributed by atoms with Crippen molar-refractivity contribution >= 4 is 5.97 Å². The van der Waals surface area contributed by atoms with Crippen LogP contribution in [-0.4, -0.2) is 29.4 Å². The maximum atomic E-state index is 10.7. The lowest BCUT2D eigenvalue weighted by Crippen LogP contribution is -2.29. The molecule has 1 rings (SSSR count). The Morgan fingerprint density at radius 2 is 1.93 bits per heavy atom. The predicted molar refractivity (Wildman–Crippen MR) is 49.8 cm³/mol. The number of carbonyl (C=O) groups is 1. The third-order valence-electron chi connectivity index (χ3n) is 1.93. The molecule has 0 spiro atoms. The largest absolute Gasteiger partial charge is 0.479 e. The zero-order chi connectivity index (χ0) is 10.6. The molecule has 0 aliphatic carbocycles. The fourth-order valence-corrected chi connectivity index (χ4v) is 1.19. The van der Waals surface area contributed by atoms with Crippen LogP contribution in [0.1, 0.15) is 11.7 Å². The smallest absolute Gasteiger partial charge is 0.335 e. The Labute approximate surface area is 81.8 Å². The summed E-state index contributed by atoms with van der Waals surface area (Å²) in [5.41, 5.74) is 0.529. The van der Waals surface area contributed by atoms with Gasteiger partial charge in [-0.1, -0.05) is 30.3 Å². The van der Waals surface area contributed by atoms with Crippen molar-refractivity contribution < 1.29 is 19.7 Å². The first-order valence-corrected chi connectivity index (χ1v) is 4.15. The van der Waals surface area contributed by atoms with Gasteiger partial charge in [0.05, 0.1) is 0 Å². The highest BCUT2D eigenvalue weighted by Crippen LogP contribution is 2.18. The molecule has 0 amide bonds. The second-order valence-corrected chi connectivity index (χ2v) is 2.85. The van der Waals surface area contributed by atoms with Crippen molar-refractivity contribution in [3.05, 3.63) is 35.9 Å². The number of hydrogen-bond acceptors (Lipinski definition) is 3. The molecule has 4 nitrogen and oxygen atoms in total. The molecule has 1 aromatic rings. The number of carboxylic acids is 1. The van der Waals surface area contributed by atoms with Crippen LogP contribution >= 0.6 is 0 Å². The molecule has 14 heavy (non-hydrogen) atoms. The third-order valence-corrected chi connectivity index (χ3v) is 1.93. The lowest BCUT2D eigenvalue weighted by molar-refractivity contribution is -0.155. The minimum Gasteiger partial charge on any atom is -0.479 e. The molecule has 2 N–H and O–H groups in total. The van der Waals surface area contributed by atoms with Crippen LogP contribution in [0.15, 0.2) is 30.3 Å². The van der Waals surface area contributed by atoms with E-state index in [1.165, 1.54) is 7.11 Å². The molecular weight excluding hydrogens is 184 g/mol. The van der Waals surface area contributed by atoms with Crippen LogP contribution in [0.25, 0.3) is 0 Å². The summed E-state index contributed by atoms with van der Waals surface area (Å²) in [5.74, 6) is -1.18. The topological polar surface area (TPSA) is 66.8 Å². The number of ether oxygens (including phenoxy) is 1. The minimum absolute atomic E-state index is 0.529. The third kappa shape index (κ3) is 2.31. The van der Waals surface area contributed by atoms with Gasteiger partial charge in [0.15, 0.2) is 6.10 Å². The van der Waals surface area contributed by atoms with Gasteiger partial charge in [0.1, 0.15) is 6.10 Å². The summed E-state index contributed by atoms with van der Waals surface area (Å²) in [5, 5.41) is 18.4. The van der Waals surface area contributed by atoms with Crippen LogP contribution in [0.2, 0.25) is 0 Å². The van der Waals surface area contributed by atoms with Gasteiger partial charge in [0.25, 0.3) is 0 Å². The molecule has 0 heterocycles. The van der Waals surface area contributed by atoms with Gasteiger partial charge < -0.3 is 14.9 Å². The van der Waals surface area contributed by atoms with Crippen molar-refractivity contribution in [2.45, 2.75) is 12.2 Å². The van der Waals surface area contributed by atoms with E-state index in [1.807, 2.05) is 0 Å². The number of carboxylic acid groups (broad SMARTS) is 1. The van der Waals surface area contributed by atoms with Gasteiger partial charge in [-0.05, 0) is 5.56 Å². The first kappa shape index (κ1) is 10.7. The fourth-order valence-electron chi connectivity index (χ4n) is 1.19. The average Bonchev–Trinajstić information content (AvgIpc) is 2.19. The van der Waals surface area contributed by atoms with Gasteiger partial charge in [-0.3, -0.25) is 0 Å². The number of benzene rings is 1. The van der Waals surface area contributed by atoms with E-state index in [9.17, 15) is 9.90 Å². The van der Waals surface area contributed by atoms with E-state index < -0.39 is 18.2 Å². The molecule has 0 radical (unpaired) electrons. The van der Waals surface area contributed by atoms with Crippen molar-refractivity contribution in [3.8, 4) is 0 Å². The molecule has 2 unspecified atom stereocenters. The summed E-state index contributed by atoms with van der Waals surface area (Å²) in [7, 11) is 1.25. The molecule has 76 valence electrons. The zero-order valence-electron chi connectivity index (χ0n) is 7.75. The Kier molecular flexibility index (Phi) is 3.62. The second kappa shape index (κ2) is 4.74. The first-order chi connectivity index (χ1) is 6.66. The van der Waals surface area contributed by atoms with E-state index in [-0.39, 0.29) is 0 Å². The summed E-state index contributed by atoms with van der Waals surface area (Å²) in [6, 6.07) is 8.55. The summed E-state index contributed by atoms with van der Waals surface area (Å²) >= 11 is 0. The number of aliphatic carboxylic acids is 1. The number of aliphatic hydroxyl groups is 1. The standard InChI is InChI=1S/C10H12O4/c1-14-9(10(12)13)8(11)7-5-3-2-4-6-7/h2-6,8-9,11H,1H3,(H,12,13). The summed E-state index contributed by atoms with van der Waals surface area (Å²) in [4.78, 5) is 10.7. The van der Waals surface area contributed by atoms with E-state index in [0.717, 1.165) is 0 Å². The van der Waals surface area contributed by atoms with Crippen molar-refractivity contribution in [1.82, 2.24) is 0 Å². The van der Waals surface area contributed by atoms with Gasteiger partial charge >= 0.3 is 5.97 Å². The molecule has 0 aliphatic heterocycles. The number of methoxy groups -OCH3 is 1. The van der Waals surface area contributed by atoms with Crippen molar-refractivity contribution in [1.29, 1.82) is 0 Å². The molecule has 0 saturated carbocycles. The summed E-state index contributed by atoms with van der Waals surface area (Å²) in [6.45, 7) is 0. The lowest BCUT2D eigenvalue weighted by atomic mass is 10.0. The Hall–Kier alpha value is -1.39. The second-order valence-electron chi connectivity index (χ2n) is 2.85. The normalized spacial score (nSPS) is 14.7. The molecule has 0 saturated heterocycles. The maximum Gasteiger partial charge on any atom is 0.335 e. The molecular formula is C10H12O4. The molecule has 1 aromatic carbocycles. The van der Waals surface area contributed by atoms with Gasteiger partial charge in [-0.15, -0.1) is 0 Å². The predicted octanol–water partition coefficient (Wildman–Crippen LogP) is 0.820. The minimum atomic E-state index is -1.22. The van der Waals surface area contributed by atoms with Crippen molar-refractivity contribution in [3.63, 3.8) is 0 Å². The van der Waals surface area contributed by atoms with Gasteiger partial charge in [-0.25, -0.2) is 4.79 Å². The SMILES string of the molecule is COC(C(=O)O)C(O)c1ccccc1. The first-order valence-electron chi connectivity index (χ1n) is 4.15. The Morgan fingerprint density at radius 1 is 1.36 bits per heavy atom. The highest BCUT2D eigenvalue weighted by molar-refractivity contribution is 5.73. The van der Waals surface area contributed by atoms with Crippen molar-refractivity contribution in [2.24, 2.45) is 0 Å². The van der Waals surface area contributed by atoms with Crippen LogP contribution < -0.4 is 0 Å². The van der Waals surface area contributed by atoms with E-state index in [2.05, 4.69) is 4.74 Å². The van der Waals surface area contributed by atoms with E-state index in [0.29, 0.717) is 5.56 Å². The highest BCUT2D eigenvalue weighted by atomic mass is 16.5. The van der Waals surface area contributed by atoms with Crippen LogP contribution in [0.4, 0.5) is 0 Å². The Morgan fingerprint density at radius 3 is 2.36 bits per heavy atom. The zero-order valence-corrected chi connectivity index (χ0v) is 7.75. The van der Waals surface area contributed by atoms with Gasteiger partial charge in [0, 0.05) is 7.11 Å². The molecule has 0 aliphatic rings. The van der Waals surface area contributed by atoms with Crippen LogP contribution in [0.3, 0.4) is 0 Å². The number of rotatable bonds is 4. The van der Waals surface area contributed by atoms with Crippen LogP contribution in [0, 0.1) is 0 Å². The van der Waals surface area contributed by atoms with E-state index >= 15 is 0 Å². The van der Waals surface area contributed by atoms with Gasteiger partial charge in [0.2, 0.25) is 0 Å². The van der Waals surface area contributed by atoms with E-state index in [1.54, 1.807) is 30.3 Å². The van der Waals surface area contributed by atoms with E-state index in [4.69, 9.17) is 5.11 Å². The molecule has 0 fully saturated rings. The lowest BCUT2D eigenvalue weighted by Gasteiger charge is -2.17. The molecule has 0 aromatic heterocycles. The number of aliphatic hydroxyl groups excluding tert-OH is 1. The number of hydrogen-bond donors (Lipinski definition) is 2. The van der Waals surface area contributed by atoms with Crippen LogP contribution in [0.5, 0.6) is 0 Å². The average molecular weight is 196 g/mol. The Bertz CT molecular complexity index is 296. The van der Waals surface area contributed by atoms with Crippen LogP contribution in [-0.2, 0) is 9.53 Å². The quantitative estimate of drug-likeness (QED) is 0.748. The fraction of sp³-hybridized carbons (Fsp3) is 0.300. The van der Waals surface area contributed by atoms with Crippen molar-refractivity contribution in [2.75, 3.05) is 7.11 Å². The highest BCUT2D eigenvalue weighted by Gasteiger charge is 2.27. The molecule has 0 bridgehead atoms. The summed E-state index contributed by atoms with van der Waals surface area (Å²) in [6.07, 6.45) is -2.36. The maximum absolute atomic E-state index is 10.7. The Balaban J connectivity index is 2.83. The van der Waals surface area contributed by atoms with Gasteiger partial charge in [-0.2, -0.15) is 0 Å². The molecule has 4 heteroatoms. The molecule has 2 atom stereocenters.